The average Bonchev–Trinajstić information content (AvgIpc) is 3.21. The number of benzene rings is 3. The molecule has 0 radical (unpaired) electrons. The summed E-state index contributed by atoms with van der Waals surface area (Å²) in [5.41, 5.74) is 5.39. The summed E-state index contributed by atoms with van der Waals surface area (Å²) in [5.74, 6) is -3.69. The van der Waals surface area contributed by atoms with Gasteiger partial charge in [0.25, 0.3) is 5.92 Å². The third-order valence-corrected chi connectivity index (χ3v) is 6.05. The first-order valence-corrected chi connectivity index (χ1v) is 11.5. The van der Waals surface area contributed by atoms with E-state index in [9.17, 15) is 13.6 Å². The number of amides is 1. The molecule has 4 rings (SSSR count). The lowest BCUT2D eigenvalue weighted by Crippen LogP contribution is -2.34. The van der Waals surface area contributed by atoms with Gasteiger partial charge in [-0.15, -0.1) is 0 Å². The molecule has 1 amide bonds. The molecule has 0 fully saturated rings. The fourth-order valence-corrected chi connectivity index (χ4v) is 4.38. The second-order valence-corrected chi connectivity index (χ2v) is 9.13. The predicted molar refractivity (Wildman–Crippen MR) is 132 cm³/mol. The second kappa shape index (κ2) is 9.75. The van der Waals surface area contributed by atoms with Crippen LogP contribution < -0.4 is 5.32 Å². The Kier molecular flexibility index (Phi) is 6.77. The van der Waals surface area contributed by atoms with Crippen LogP contribution in [0.3, 0.4) is 0 Å². The number of nitrogens with zero attached hydrogens (tertiary/aromatic N) is 2. The monoisotopic (exact) mass is 461 g/mol. The lowest BCUT2D eigenvalue weighted by molar-refractivity contribution is -0.127. The molecule has 2 atom stereocenters. The van der Waals surface area contributed by atoms with E-state index >= 15 is 0 Å². The van der Waals surface area contributed by atoms with Crippen LogP contribution in [0.25, 0.3) is 16.6 Å². The molecule has 3 aromatic carbocycles. The number of carbonyl (C=O) groups excluding carboxylic acids is 1. The Labute approximate surface area is 198 Å². The molecule has 0 bridgehead atoms. The Morgan fingerprint density at radius 1 is 1.03 bits per heavy atom. The minimum absolute atomic E-state index is 0.0126. The number of carbonyl (C=O) groups is 1. The van der Waals surface area contributed by atoms with Crippen molar-refractivity contribution in [2.24, 2.45) is 5.92 Å². The van der Waals surface area contributed by atoms with Crippen LogP contribution in [0.2, 0.25) is 0 Å². The van der Waals surface area contributed by atoms with Crippen molar-refractivity contribution in [1.29, 1.82) is 0 Å². The maximum Gasteiger partial charge on any atom is 0.254 e. The summed E-state index contributed by atoms with van der Waals surface area (Å²) in [6.45, 7) is 5.14. The van der Waals surface area contributed by atoms with E-state index < -0.39 is 18.3 Å². The topological polar surface area (TPSA) is 46.9 Å². The summed E-state index contributed by atoms with van der Waals surface area (Å²) >= 11 is 0. The minimum atomic E-state index is -3.02. The van der Waals surface area contributed by atoms with E-state index in [1.807, 2.05) is 48.1 Å². The molecule has 1 aromatic heterocycles. The largest absolute Gasteiger partial charge is 0.356 e. The van der Waals surface area contributed by atoms with Crippen molar-refractivity contribution in [3.05, 3.63) is 95.7 Å². The molecule has 4 aromatic rings. The molecule has 0 aliphatic rings. The van der Waals surface area contributed by atoms with E-state index in [0.29, 0.717) is 6.54 Å². The molecule has 4 nitrogen and oxygen atoms in total. The molecule has 0 saturated carbocycles. The lowest BCUT2D eigenvalue weighted by Gasteiger charge is -2.26. The van der Waals surface area contributed by atoms with Crippen LogP contribution >= 0.6 is 0 Å². The molecule has 0 aliphatic heterocycles. The number of hydrogen-bond donors (Lipinski definition) is 1. The Morgan fingerprint density at radius 3 is 2.41 bits per heavy atom. The third-order valence-electron chi connectivity index (χ3n) is 6.05. The van der Waals surface area contributed by atoms with Gasteiger partial charge in [0.2, 0.25) is 5.91 Å². The van der Waals surface area contributed by atoms with Crippen LogP contribution in [0.1, 0.15) is 42.9 Å². The highest BCUT2D eigenvalue weighted by Gasteiger charge is 2.27. The summed E-state index contributed by atoms with van der Waals surface area (Å²) in [5, 5.41) is 8.30. The van der Waals surface area contributed by atoms with Crippen LogP contribution in [0.4, 0.5) is 8.78 Å². The average molecular weight is 462 g/mol. The van der Waals surface area contributed by atoms with Crippen molar-refractivity contribution in [2.75, 3.05) is 6.54 Å². The van der Waals surface area contributed by atoms with E-state index in [0.717, 1.165) is 34.6 Å². The molecule has 0 saturated heterocycles. The Morgan fingerprint density at radius 2 is 1.74 bits per heavy atom. The van der Waals surface area contributed by atoms with Crippen LogP contribution in [0.5, 0.6) is 0 Å². The smallest absolute Gasteiger partial charge is 0.254 e. The molecule has 0 spiro atoms. The molecule has 2 unspecified atom stereocenters. The van der Waals surface area contributed by atoms with E-state index in [1.165, 1.54) is 5.56 Å². The summed E-state index contributed by atoms with van der Waals surface area (Å²) in [6, 6.07) is 24.6. The summed E-state index contributed by atoms with van der Waals surface area (Å²) < 4.78 is 28.3. The first-order valence-electron chi connectivity index (χ1n) is 11.5. The highest BCUT2D eigenvalue weighted by Crippen LogP contribution is 2.34. The first-order chi connectivity index (χ1) is 16.2. The number of hydrogen-bond acceptors (Lipinski definition) is 2. The third kappa shape index (κ3) is 5.50. The number of halogens is 2. The predicted octanol–water partition coefficient (Wildman–Crippen LogP) is 6.26. The van der Waals surface area contributed by atoms with Crippen LogP contribution in [0.15, 0.2) is 79.0 Å². The van der Waals surface area contributed by atoms with Crippen LogP contribution in [0, 0.1) is 12.8 Å². The van der Waals surface area contributed by atoms with Gasteiger partial charge in [0.1, 0.15) is 0 Å². The summed E-state index contributed by atoms with van der Waals surface area (Å²) in [4.78, 5) is 12.0. The van der Waals surface area contributed by atoms with Gasteiger partial charge in [0.15, 0.2) is 0 Å². The first kappa shape index (κ1) is 23.6. The molecule has 1 heterocycles. The van der Waals surface area contributed by atoms with Gasteiger partial charge in [-0.05, 0) is 55.2 Å². The van der Waals surface area contributed by atoms with E-state index in [1.54, 1.807) is 0 Å². The maximum absolute atomic E-state index is 13.2. The Balaban J connectivity index is 1.63. The van der Waals surface area contributed by atoms with Gasteiger partial charge in [-0.25, -0.2) is 13.5 Å². The van der Waals surface area contributed by atoms with Gasteiger partial charge < -0.3 is 5.32 Å². The van der Waals surface area contributed by atoms with Crippen molar-refractivity contribution in [3.63, 3.8) is 0 Å². The molecule has 6 heteroatoms. The van der Waals surface area contributed by atoms with Crippen LogP contribution in [-0.4, -0.2) is 28.2 Å². The summed E-state index contributed by atoms with van der Waals surface area (Å²) in [7, 11) is 0. The number of alkyl halides is 2. The standard InChI is InChI=1S/C28H29F2N3O/c1-19-9-12-24(13-10-19)33-25-14-11-22(15-23(25)18-32-33)27(21-7-5-4-6-8-21)20(2)17-31-26(34)16-28(3,29)30/h4-15,18,20,27H,16-17H2,1-3H3,(H,31,34). The lowest BCUT2D eigenvalue weighted by atomic mass is 9.81. The number of aromatic nitrogens is 2. The fraction of sp³-hybridized carbons (Fsp3) is 0.286. The van der Waals surface area contributed by atoms with E-state index in [-0.39, 0.29) is 11.8 Å². The zero-order chi connectivity index (χ0) is 24.3. The number of rotatable bonds is 8. The van der Waals surface area contributed by atoms with Gasteiger partial charge >= 0.3 is 0 Å². The van der Waals surface area contributed by atoms with Crippen molar-refractivity contribution < 1.29 is 13.6 Å². The van der Waals surface area contributed by atoms with Gasteiger partial charge in [-0.3, -0.25) is 4.79 Å². The molecule has 1 N–H and O–H groups in total. The van der Waals surface area contributed by atoms with Gasteiger partial charge in [-0.2, -0.15) is 5.10 Å². The van der Waals surface area contributed by atoms with E-state index in [4.69, 9.17) is 0 Å². The molecular weight excluding hydrogens is 432 g/mol. The molecule has 176 valence electrons. The Hall–Kier alpha value is -3.54. The maximum atomic E-state index is 13.2. The molecule has 0 aliphatic carbocycles. The fourth-order valence-electron chi connectivity index (χ4n) is 4.38. The zero-order valence-electron chi connectivity index (χ0n) is 19.6. The van der Waals surface area contributed by atoms with Crippen LogP contribution in [-0.2, 0) is 4.79 Å². The minimum Gasteiger partial charge on any atom is -0.356 e. The van der Waals surface area contributed by atoms with E-state index in [2.05, 4.69) is 59.8 Å². The SMILES string of the molecule is Cc1ccc(-n2ncc3cc(C(c4ccccc4)C(C)CNC(=O)CC(C)(F)F)ccc32)cc1. The highest BCUT2D eigenvalue weighted by atomic mass is 19.3. The molecule has 34 heavy (non-hydrogen) atoms. The van der Waals surface area contributed by atoms with Gasteiger partial charge in [0, 0.05) is 17.8 Å². The Bertz CT molecular complexity index is 1260. The second-order valence-electron chi connectivity index (χ2n) is 9.13. The van der Waals surface area contributed by atoms with Crippen molar-refractivity contribution >= 4 is 16.8 Å². The van der Waals surface area contributed by atoms with Gasteiger partial charge in [0.05, 0.1) is 23.8 Å². The quantitative estimate of drug-likeness (QED) is 0.336. The number of aryl methyl sites for hydroxylation is 1. The van der Waals surface area contributed by atoms with Gasteiger partial charge in [-0.1, -0.05) is 61.0 Å². The number of nitrogens with one attached hydrogen (secondary N) is 1. The molecular formula is C28H29F2N3O. The normalized spacial score (nSPS) is 13.6. The zero-order valence-corrected chi connectivity index (χ0v) is 19.6. The number of fused-ring (bicyclic) bond motifs is 1. The summed E-state index contributed by atoms with van der Waals surface area (Å²) in [6.07, 6.45) is 1.05. The van der Waals surface area contributed by atoms with Crippen molar-refractivity contribution in [2.45, 2.75) is 39.0 Å². The van der Waals surface area contributed by atoms with Crippen molar-refractivity contribution in [1.82, 2.24) is 15.1 Å². The van der Waals surface area contributed by atoms with Crippen molar-refractivity contribution in [3.8, 4) is 5.69 Å². The highest BCUT2D eigenvalue weighted by molar-refractivity contribution is 5.81.